The number of aliphatic hydroxyl groups excluding tert-OH is 1. The van der Waals surface area contributed by atoms with Crippen LogP contribution < -0.4 is 0 Å². The Morgan fingerprint density at radius 3 is 1.27 bits per heavy atom. The molecule has 0 aliphatic carbocycles. The summed E-state index contributed by atoms with van der Waals surface area (Å²) in [5.41, 5.74) is 4.93. The quantitative estimate of drug-likeness (QED) is 0.0556. The maximum atomic E-state index is 12.3. The molecule has 62 heavy (non-hydrogen) atoms. The third-order valence-corrected chi connectivity index (χ3v) is 10.9. The molecule has 11 nitrogen and oxygen atoms in total. The Morgan fingerprint density at radius 2 is 0.855 bits per heavy atom. The molecule has 11 atom stereocenters. The number of methoxy groups -OCH3 is 1. The summed E-state index contributed by atoms with van der Waals surface area (Å²) < 4.78 is 65.6. The zero-order chi connectivity index (χ0) is 42.9. The van der Waals surface area contributed by atoms with Crippen LogP contribution >= 0.6 is 9.12 Å². The van der Waals surface area contributed by atoms with Gasteiger partial charge >= 0.3 is 6.64 Å². The number of aliphatic hydroxyl groups is 1. The average molecular weight is 865 g/mol. The van der Waals surface area contributed by atoms with Crippen LogP contribution in [0.25, 0.3) is 0 Å². The van der Waals surface area contributed by atoms with Crippen LogP contribution in [0, 0.1) is 0 Å². The van der Waals surface area contributed by atoms with Crippen molar-refractivity contribution in [3.05, 3.63) is 179 Å². The van der Waals surface area contributed by atoms with Gasteiger partial charge < -0.3 is 52.4 Å². The lowest BCUT2D eigenvalue weighted by molar-refractivity contribution is -0.374. The Kier molecular flexibility index (Phi) is 18.1. The number of rotatable bonds is 22. The van der Waals surface area contributed by atoms with E-state index in [0.717, 1.165) is 27.8 Å². The summed E-state index contributed by atoms with van der Waals surface area (Å²) in [6, 6.07) is 49.6. The van der Waals surface area contributed by atoms with Crippen molar-refractivity contribution in [1.82, 2.24) is 0 Å². The zero-order valence-electron chi connectivity index (χ0n) is 35.3. The van der Waals surface area contributed by atoms with E-state index in [0.29, 0.717) is 13.2 Å². The molecule has 5 aromatic carbocycles. The van der Waals surface area contributed by atoms with Crippen molar-refractivity contribution in [2.45, 2.75) is 101 Å². The van der Waals surface area contributed by atoms with Gasteiger partial charge in [0.2, 0.25) is 0 Å². The fourth-order valence-corrected chi connectivity index (χ4v) is 7.84. The fourth-order valence-electron chi connectivity index (χ4n) is 7.66. The SMILES string of the molecule is CO[C@@H]1OC(COCc2ccccc2)[C@@H](OB(C)P)[C@H](O)C1O[C@H]1OC(COCc2ccccc2)[C@@H](OCc2ccccc2)[C@H](OCc2ccccc2)C1OCc1ccccc1. The third-order valence-electron chi connectivity index (χ3n) is 10.7. The molecular weight excluding hydrogens is 806 g/mol. The highest BCUT2D eigenvalue weighted by atomic mass is 31.0. The Labute approximate surface area is 368 Å². The highest BCUT2D eigenvalue weighted by Gasteiger charge is 2.54. The molecule has 2 saturated heterocycles. The van der Waals surface area contributed by atoms with Crippen LogP contribution in [-0.4, -0.2) is 93.5 Å². The molecule has 0 saturated carbocycles. The Bertz CT molecular complexity index is 1970. The van der Waals surface area contributed by atoms with Crippen LogP contribution in [-0.2, 0) is 80.3 Å². The van der Waals surface area contributed by atoms with Crippen LogP contribution in [0.4, 0.5) is 0 Å². The van der Waals surface area contributed by atoms with Crippen molar-refractivity contribution in [3.8, 4) is 0 Å². The number of hydrogen-bond acceptors (Lipinski definition) is 11. The van der Waals surface area contributed by atoms with Gasteiger partial charge in [0.15, 0.2) is 12.6 Å². The van der Waals surface area contributed by atoms with E-state index in [1.807, 2.05) is 158 Å². The molecule has 0 aromatic heterocycles. The molecule has 0 radical (unpaired) electrons. The Morgan fingerprint density at radius 1 is 0.484 bits per heavy atom. The first-order valence-corrected chi connectivity index (χ1v) is 21.9. The molecule has 2 aliphatic rings. The second kappa shape index (κ2) is 24.3. The molecule has 2 fully saturated rings. The van der Waals surface area contributed by atoms with Crippen LogP contribution in [0.1, 0.15) is 27.8 Å². The first kappa shape index (κ1) is 46.2. The average Bonchev–Trinajstić information content (AvgIpc) is 3.31. The van der Waals surface area contributed by atoms with E-state index in [9.17, 15) is 5.11 Å². The van der Waals surface area contributed by atoms with Gasteiger partial charge in [-0.15, -0.1) is 9.12 Å². The van der Waals surface area contributed by atoms with Gasteiger partial charge in [-0.1, -0.05) is 158 Å². The summed E-state index contributed by atoms with van der Waals surface area (Å²) in [5.74, 6) is 0. The molecule has 0 spiro atoms. The van der Waals surface area contributed by atoms with Crippen molar-refractivity contribution in [1.29, 1.82) is 0 Å². The third kappa shape index (κ3) is 13.3. The second-order valence-electron chi connectivity index (χ2n) is 15.5. The molecular formula is C49H58BO11P. The summed E-state index contributed by atoms with van der Waals surface area (Å²) in [5, 5.41) is 12.3. The first-order valence-electron chi connectivity index (χ1n) is 21.2. The molecule has 5 unspecified atom stereocenters. The van der Waals surface area contributed by atoms with Gasteiger partial charge in [0, 0.05) is 7.11 Å². The standard InChI is InChI=1S/C49H58BO11P/c1-50(62)61-43-40(33-53-28-35-18-8-3-9-19-35)58-48(52-2)45(42(43)51)60-49-47(57-32-39-26-16-7-17-27-39)46(56-31-38-24-14-6-15-25-38)44(55-30-37-22-12-5-13-23-37)41(59-49)34-54-29-36-20-10-4-11-21-36/h3-27,40-49,51H,28-34,62H2,1-2H3/t40?,41?,42-,43+,44+,45?,46-,47?,48+,49+/m0/s1. The predicted octanol–water partition coefficient (Wildman–Crippen LogP) is 7.40. The maximum absolute atomic E-state index is 12.3. The van der Waals surface area contributed by atoms with E-state index in [1.54, 1.807) is 0 Å². The topological polar surface area (TPSA) is 113 Å². The normalized spacial score (nSPS) is 26.3. The lowest BCUT2D eigenvalue weighted by Gasteiger charge is -2.49. The lowest BCUT2D eigenvalue weighted by Crippen LogP contribution is -2.66. The number of benzene rings is 5. The highest BCUT2D eigenvalue weighted by molar-refractivity contribution is 7.60. The molecule has 0 amide bonds. The second-order valence-corrected chi connectivity index (χ2v) is 16.4. The van der Waals surface area contributed by atoms with Crippen molar-refractivity contribution >= 4 is 15.8 Å². The van der Waals surface area contributed by atoms with Crippen molar-refractivity contribution in [3.63, 3.8) is 0 Å². The number of ether oxygens (including phenoxy) is 9. The first-order chi connectivity index (χ1) is 30.4. The number of hydrogen-bond donors (Lipinski definition) is 1. The lowest BCUT2D eigenvalue weighted by atomic mass is 9.94. The molecule has 1 N–H and O–H groups in total. The largest absolute Gasteiger partial charge is 0.424 e. The fraction of sp³-hybridized carbons (Fsp3) is 0.388. The van der Waals surface area contributed by atoms with Gasteiger partial charge in [-0.05, 0) is 27.8 Å². The summed E-state index contributed by atoms with van der Waals surface area (Å²) >= 11 is 0. The summed E-state index contributed by atoms with van der Waals surface area (Å²) in [4.78, 5) is 0. The molecule has 7 rings (SSSR count). The van der Waals surface area contributed by atoms with Gasteiger partial charge in [-0.2, -0.15) is 0 Å². The summed E-state index contributed by atoms with van der Waals surface area (Å²) in [7, 11) is 4.14. The van der Waals surface area contributed by atoms with Crippen LogP contribution in [0.15, 0.2) is 152 Å². The highest BCUT2D eigenvalue weighted by Crippen LogP contribution is 2.35. The van der Waals surface area contributed by atoms with E-state index in [-0.39, 0.29) is 39.7 Å². The van der Waals surface area contributed by atoms with Gasteiger partial charge in [-0.3, -0.25) is 0 Å². The van der Waals surface area contributed by atoms with E-state index in [1.165, 1.54) is 7.11 Å². The van der Waals surface area contributed by atoms with Gasteiger partial charge in [-0.25, -0.2) is 0 Å². The molecule has 13 heteroatoms. The van der Waals surface area contributed by atoms with Crippen molar-refractivity contribution < 1.29 is 52.4 Å². The van der Waals surface area contributed by atoms with E-state index in [4.69, 9.17) is 47.3 Å². The minimum Gasteiger partial charge on any atom is -0.424 e. The molecule has 0 bridgehead atoms. The predicted molar refractivity (Wildman–Crippen MR) is 239 cm³/mol. The van der Waals surface area contributed by atoms with Gasteiger partial charge in [0.05, 0.1) is 52.4 Å². The summed E-state index contributed by atoms with van der Waals surface area (Å²) in [6.07, 6.45) is -9.01. The van der Waals surface area contributed by atoms with Gasteiger partial charge in [0.1, 0.15) is 42.7 Å². The van der Waals surface area contributed by atoms with E-state index < -0.39 is 61.4 Å². The maximum Gasteiger partial charge on any atom is 0.312 e. The smallest absolute Gasteiger partial charge is 0.312 e. The van der Waals surface area contributed by atoms with E-state index in [2.05, 4.69) is 9.12 Å². The monoisotopic (exact) mass is 864 g/mol. The van der Waals surface area contributed by atoms with Crippen molar-refractivity contribution in [2.24, 2.45) is 0 Å². The van der Waals surface area contributed by atoms with Crippen LogP contribution in [0.2, 0.25) is 6.82 Å². The van der Waals surface area contributed by atoms with Crippen LogP contribution in [0.5, 0.6) is 0 Å². The van der Waals surface area contributed by atoms with Crippen molar-refractivity contribution in [2.75, 3.05) is 20.3 Å². The molecule has 328 valence electrons. The zero-order valence-corrected chi connectivity index (χ0v) is 36.5. The minimum absolute atomic E-state index is 0.138. The molecule has 2 heterocycles. The minimum atomic E-state index is -1.23. The van der Waals surface area contributed by atoms with Crippen LogP contribution in [0.3, 0.4) is 0 Å². The molecule has 2 aliphatic heterocycles. The van der Waals surface area contributed by atoms with E-state index >= 15 is 0 Å². The Hall–Kier alpha value is -3.85. The van der Waals surface area contributed by atoms with Gasteiger partial charge in [0.25, 0.3) is 0 Å². The summed E-state index contributed by atoms with van der Waals surface area (Å²) in [6.45, 7) is 3.30. The molecule has 5 aromatic rings. The Balaban J connectivity index is 1.20.